The van der Waals surface area contributed by atoms with Crippen LogP contribution in [-0.2, 0) is 4.79 Å². The Balaban J connectivity index is 2.27. The van der Waals surface area contributed by atoms with Crippen molar-refractivity contribution in [1.82, 2.24) is 4.90 Å². The summed E-state index contributed by atoms with van der Waals surface area (Å²) in [7, 11) is 0. The third kappa shape index (κ3) is 3.00. The smallest absolute Gasteiger partial charge is 0.241 e. The van der Waals surface area contributed by atoms with E-state index in [4.69, 9.17) is 4.74 Å². The number of allylic oxidation sites excluding steroid dienone is 1. The third-order valence-corrected chi connectivity index (χ3v) is 3.89. The Morgan fingerprint density at radius 1 is 1.32 bits per heavy atom. The molecule has 0 aliphatic carbocycles. The van der Waals surface area contributed by atoms with Gasteiger partial charge in [0.1, 0.15) is 5.75 Å². The average Bonchev–Trinajstić information content (AvgIpc) is 2.43. The van der Waals surface area contributed by atoms with E-state index < -0.39 is 0 Å². The van der Waals surface area contributed by atoms with Crippen LogP contribution in [0.1, 0.15) is 25.8 Å². The number of nitrogens with zero attached hydrogens (tertiary/aromatic N) is 1. The zero-order chi connectivity index (χ0) is 13.8. The summed E-state index contributed by atoms with van der Waals surface area (Å²) in [4.78, 5) is 13.8. The van der Waals surface area contributed by atoms with Crippen molar-refractivity contribution in [3.63, 3.8) is 0 Å². The van der Waals surface area contributed by atoms with E-state index in [0.29, 0.717) is 13.2 Å². The van der Waals surface area contributed by atoms with Gasteiger partial charge >= 0.3 is 0 Å². The first-order chi connectivity index (χ1) is 9.17. The number of benzene rings is 1. The summed E-state index contributed by atoms with van der Waals surface area (Å²) >= 11 is 3.41. The monoisotopic (exact) mass is 323 g/mol. The zero-order valence-corrected chi connectivity index (χ0v) is 12.8. The average molecular weight is 324 g/mol. The van der Waals surface area contributed by atoms with Gasteiger partial charge in [-0.3, -0.25) is 4.79 Å². The van der Waals surface area contributed by atoms with Crippen LogP contribution >= 0.6 is 15.9 Å². The Bertz CT molecular complexity index is 481. The molecule has 1 unspecified atom stereocenters. The van der Waals surface area contributed by atoms with Crippen molar-refractivity contribution in [3.05, 3.63) is 35.9 Å². The lowest BCUT2D eigenvalue weighted by Gasteiger charge is -2.30. The molecule has 0 radical (unpaired) electrons. The highest BCUT2D eigenvalue weighted by molar-refractivity contribution is 9.10. The van der Waals surface area contributed by atoms with Gasteiger partial charge in [-0.2, -0.15) is 0 Å². The van der Waals surface area contributed by atoms with Crippen molar-refractivity contribution in [2.45, 2.75) is 25.1 Å². The summed E-state index contributed by atoms with van der Waals surface area (Å²) in [5.74, 6) is 0.990. The minimum Gasteiger partial charge on any atom is -0.494 e. The predicted octanol–water partition coefficient (Wildman–Crippen LogP) is 3.44. The molecule has 0 bridgehead atoms. The highest BCUT2D eigenvalue weighted by atomic mass is 79.9. The van der Waals surface area contributed by atoms with E-state index in [1.807, 2.05) is 43.0 Å². The van der Waals surface area contributed by atoms with Crippen molar-refractivity contribution in [1.29, 1.82) is 0 Å². The Kier molecular flexibility index (Phi) is 4.64. The standard InChI is InChI=1S/C15H18BrNO2/c1-3-17-14(10-9-13(16)15(17)18)11-5-7-12(8-6-11)19-4-2/h5-8,10,13H,3-4,9H2,1-2H3. The molecule has 0 saturated carbocycles. The molecular weight excluding hydrogens is 306 g/mol. The summed E-state index contributed by atoms with van der Waals surface area (Å²) in [5.41, 5.74) is 2.05. The molecule has 19 heavy (non-hydrogen) atoms. The molecule has 1 heterocycles. The van der Waals surface area contributed by atoms with Crippen LogP contribution in [0.3, 0.4) is 0 Å². The third-order valence-electron chi connectivity index (χ3n) is 3.12. The van der Waals surface area contributed by atoms with Crippen LogP contribution < -0.4 is 4.74 Å². The van der Waals surface area contributed by atoms with Crippen molar-refractivity contribution in [3.8, 4) is 5.75 Å². The molecule has 0 N–H and O–H groups in total. The van der Waals surface area contributed by atoms with Gasteiger partial charge in [-0.15, -0.1) is 0 Å². The quantitative estimate of drug-likeness (QED) is 0.794. The molecule has 1 atom stereocenters. The van der Waals surface area contributed by atoms with Crippen LogP contribution in [0, 0.1) is 0 Å². The molecule has 1 amide bonds. The molecule has 0 fully saturated rings. The Morgan fingerprint density at radius 2 is 2.00 bits per heavy atom. The molecule has 1 aliphatic rings. The molecule has 4 heteroatoms. The van der Waals surface area contributed by atoms with Crippen LogP contribution in [0.25, 0.3) is 5.70 Å². The van der Waals surface area contributed by atoms with E-state index in [1.165, 1.54) is 0 Å². The molecule has 0 saturated heterocycles. The molecule has 102 valence electrons. The lowest BCUT2D eigenvalue weighted by Crippen LogP contribution is -2.38. The van der Waals surface area contributed by atoms with Gasteiger partial charge in [0.15, 0.2) is 0 Å². The Labute approximate surface area is 122 Å². The van der Waals surface area contributed by atoms with Crippen molar-refractivity contribution < 1.29 is 9.53 Å². The van der Waals surface area contributed by atoms with E-state index in [-0.39, 0.29) is 10.7 Å². The fourth-order valence-corrected chi connectivity index (χ4v) is 2.64. The zero-order valence-electron chi connectivity index (χ0n) is 11.2. The normalized spacial score (nSPS) is 19.3. The molecule has 0 spiro atoms. The number of halogens is 1. The summed E-state index contributed by atoms with van der Waals surface area (Å²) < 4.78 is 5.43. The molecule has 2 rings (SSSR count). The number of carbonyl (C=O) groups is 1. The maximum atomic E-state index is 12.1. The van der Waals surface area contributed by atoms with Gasteiger partial charge in [0, 0.05) is 12.2 Å². The Hall–Kier alpha value is -1.29. The minimum absolute atomic E-state index is 0.0982. The molecule has 1 aromatic rings. The summed E-state index contributed by atoms with van der Waals surface area (Å²) in [5, 5.41) is 0. The van der Waals surface area contributed by atoms with E-state index in [0.717, 1.165) is 23.4 Å². The lowest BCUT2D eigenvalue weighted by atomic mass is 10.0. The SMILES string of the molecule is CCOc1ccc(C2=CCC(Br)C(=O)N2CC)cc1. The number of rotatable bonds is 4. The second-order valence-corrected chi connectivity index (χ2v) is 5.44. The van der Waals surface area contributed by atoms with Gasteiger partial charge in [-0.1, -0.05) is 22.0 Å². The Morgan fingerprint density at radius 3 is 2.58 bits per heavy atom. The van der Waals surface area contributed by atoms with Gasteiger partial charge in [0.25, 0.3) is 0 Å². The van der Waals surface area contributed by atoms with Gasteiger partial charge in [-0.05, 0) is 50.1 Å². The summed E-state index contributed by atoms with van der Waals surface area (Å²) in [6.45, 7) is 5.30. The molecule has 1 aliphatic heterocycles. The van der Waals surface area contributed by atoms with Gasteiger partial charge in [-0.25, -0.2) is 0 Å². The van der Waals surface area contributed by atoms with Gasteiger partial charge in [0.05, 0.1) is 11.4 Å². The van der Waals surface area contributed by atoms with Crippen LogP contribution in [0.5, 0.6) is 5.75 Å². The first kappa shape index (κ1) is 14.1. The van der Waals surface area contributed by atoms with Crippen LogP contribution in [0.4, 0.5) is 0 Å². The van der Waals surface area contributed by atoms with Crippen molar-refractivity contribution in [2.24, 2.45) is 0 Å². The number of alkyl halides is 1. The minimum atomic E-state index is -0.0982. The van der Waals surface area contributed by atoms with Crippen LogP contribution in [-0.4, -0.2) is 28.8 Å². The number of hydrogen-bond acceptors (Lipinski definition) is 2. The van der Waals surface area contributed by atoms with Gasteiger partial charge in [0.2, 0.25) is 5.91 Å². The number of ether oxygens (including phenoxy) is 1. The van der Waals surface area contributed by atoms with Crippen molar-refractivity contribution in [2.75, 3.05) is 13.2 Å². The van der Waals surface area contributed by atoms with E-state index in [1.54, 1.807) is 0 Å². The molecule has 1 aromatic carbocycles. The highest BCUT2D eigenvalue weighted by Crippen LogP contribution is 2.29. The fraction of sp³-hybridized carbons (Fsp3) is 0.400. The highest BCUT2D eigenvalue weighted by Gasteiger charge is 2.27. The van der Waals surface area contributed by atoms with E-state index in [9.17, 15) is 4.79 Å². The second kappa shape index (κ2) is 6.24. The van der Waals surface area contributed by atoms with Crippen LogP contribution in [0.2, 0.25) is 0 Å². The largest absolute Gasteiger partial charge is 0.494 e. The fourth-order valence-electron chi connectivity index (χ4n) is 2.20. The van der Waals surface area contributed by atoms with E-state index in [2.05, 4.69) is 22.0 Å². The van der Waals surface area contributed by atoms with Gasteiger partial charge < -0.3 is 9.64 Å². The number of carbonyl (C=O) groups excluding carboxylic acids is 1. The maximum absolute atomic E-state index is 12.1. The second-order valence-electron chi connectivity index (χ2n) is 4.33. The van der Waals surface area contributed by atoms with Crippen molar-refractivity contribution >= 4 is 27.5 Å². The topological polar surface area (TPSA) is 29.5 Å². The first-order valence-electron chi connectivity index (χ1n) is 6.56. The van der Waals surface area contributed by atoms with Crippen LogP contribution in [0.15, 0.2) is 30.3 Å². The summed E-state index contributed by atoms with van der Waals surface area (Å²) in [6.07, 6.45) is 2.85. The lowest BCUT2D eigenvalue weighted by molar-refractivity contribution is -0.127. The maximum Gasteiger partial charge on any atom is 0.241 e. The molecule has 3 nitrogen and oxygen atoms in total. The summed E-state index contributed by atoms with van der Waals surface area (Å²) in [6, 6.07) is 7.89. The number of hydrogen-bond donors (Lipinski definition) is 0. The molecular formula is C15H18BrNO2. The van der Waals surface area contributed by atoms with E-state index >= 15 is 0 Å². The molecule has 0 aromatic heterocycles. The first-order valence-corrected chi connectivity index (χ1v) is 7.47. The predicted molar refractivity (Wildman–Crippen MR) is 80.3 cm³/mol. The number of amides is 1.